The molecule has 1 amide bonds. The third kappa shape index (κ3) is 9.14. The van der Waals surface area contributed by atoms with Gasteiger partial charge in [-0.2, -0.15) is 8.42 Å². The van der Waals surface area contributed by atoms with E-state index in [9.17, 15) is 21.6 Å². The molecule has 1 aromatic heterocycles. The number of carbonyl (C=O) groups excluding carboxylic acids is 1. The molecule has 0 aliphatic rings. The summed E-state index contributed by atoms with van der Waals surface area (Å²) in [6.45, 7) is 1.61. The SMILES string of the molecule is CC(=O)NCCCS(=O)(=O)O.NS(=O)(=O)Cc1noc2ccccc12. The molecule has 0 radical (unpaired) electrons. The van der Waals surface area contributed by atoms with Crippen molar-refractivity contribution in [1.29, 1.82) is 0 Å². The van der Waals surface area contributed by atoms with Crippen LogP contribution in [-0.4, -0.2) is 44.7 Å². The van der Waals surface area contributed by atoms with Gasteiger partial charge in [-0.3, -0.25) is 9.35 Å². The number of nitrogens with one attached hydrogen (secondary N) is 1. The number of carbonyl (C=O) groups is 1. The van der Waals surface area contributed by atoms with E-state index in [-0.39, 0.29) is 30.4 Å². The predicted octanol–water partition coefficient (Wildman–Crippen LogP) is 0.0167. The minimum Gasteiger partial charge on any atom is -0.356 e. The molecule has 0 spiro atoms. The van der Waals surface area contributed by atoms with Gasteiger partial charge in [0.2, 0.25) is 15.9 Å². The number of benzene rings is 1. The minimum atomic E-state index is -3.87. The van der Waals surface area contributed by atoms with Crippen molar-refractivity contribution in [2.45, 2.75) is 19.1 Å². The van der Waals surface area contributed by atoms with Crippen molar-refractivity contribution in [1.82, 2.24) is 10.5 Å². The topological polar surface area (TPSA) is 170 Å². The van der Waals surface area contributed by atoms with E-state index < -0.39 is 20.1 Å². The van der Waals surface area contributed by atoms with Crippen LogP contribution >= 0.6 is 0 Å². The summed E-state index contributed by atoms with van der Waals surface area (Å²) in [6, 6.07) is 7.03. The highest BCUT2D eigenvalue weighted by atomic mass is 32.2. The van der Waals surface area contributed by atoms with Gasteiger partial charge in [0.25, 0.3) is 10.1 Å². The zero-order valence-corrected chi connectivity index (χ0v) is 15.0. The standard InChI is InChI=1S/C8H8N2O3S.C5H11NO4S/c9-14(11,12)5-7-6-3-1-2-4-8(6)13-10-7;1-5(7)6-3-2-4-11(8,9)10/h1-4H,5H2,(H2,9,11,12);2-4H2,1H3,(H,6,7)(H,8,9,10). The Morgan fingerprint density at radius 3 is 2.48 bits per heavy atom. The molecule has 1 aromatic carbocycles. The lowest BCUT2D eigenvalue weighted by Gasteiger charge is -1.98. The van der Waals surface area contributed by atoms with Crippen LogP contribution in [0, 0.1) is 0 Å². The second-order valence-corrected chi connectivity index (χ2v) is 8.24. The van der Waals surface area contributed by atoms with Gasteiger partial charge in [0.15, 0.2) is 5.58 Å². The number of amides is 1. The van der Waals surface area contributed by atoms with Crippen LogP contribution in [0.3, 0.4) is 0 Å². The molecule has 12 heteroatoms. The van der Waals surface area contributed by atoms with E-state index in [0.717, 1.165) is 0 Å². The normalized spacial score (nSPS) is 11.6. The second kappa shape index (κ2) is 8.89. The molecule has 2 aromatic rings. The number of para-hydroxylation sites is 1. The molecule has 25 heavy (non-hydrogen) atoms. The Morgan fingerprint density at radius 1 is 1.28 bits per heavy atom. The first-order valence-corrected chi connectivity index (χ1v) is 10.3. The summed E-state index contributed by atoms with van der Waals surface area (Å²) in [5.74, 6) is -0.822. The summed E-state index contributed by atoms with van der Waals surface area (Å²) in [5, 5.41) is 11.6. The van der Waals surface area contributed by atoms with Crippen LogP contribution in [0.1, 0.15) is 19.0 Å². The van der Waals surface area contributed by atoms with Crippen molar-refractivity contribution in [3.63, 3.8) is 0 Å². The molecular formula is C13H19N3O7S2. The first-order valence-electron chi connectivity index (χ1n) is 7.01. The summed E-state index contributed by atoms with van der Waals surface area (Å²) < 4.78 is 55.1. The molecule has 140 valence electrons. The van der Waals surface area contributed by atoms with Gasteiger partial charge in [-0.15, -0.1) is 0 Å². The van der Waals surface area contributed by atoms with Gasteiger partial charge in [0, 0.05) is 18.9 Å². The predicted molar refractivity (Wildman–Crippen MR) is 90.5 cm³/mol. The lowest BCUT2D eigenvalue weighted by molar-refractivity contribution is -0.118. The molecule has 0 saturated carbocycles. The van der Waals surface area contributed by atoms with E-state index >= 15 is 0 Å². The zero-order chi connectivity index (χ0) is 19.1. The molecule has 4 N–H and O–H groups in total. The van der Waals surface area contributed by atoms with E-state index in [1.165, 1.54) is 6.92 Å². The molecule has 10 nitrogen and oxygen atoms in total. The Kier molecular flexibility index (Phi) is 7.48. The summed E-state index contributed by atoms with van der Waals surface area (Å²) in [7, 11) is -7.43. The number of fused-ring (bicyclic) bond motifs is 1. The fourth-order valence-corrected chi connectivity index (χ4v) is 2.85. The van der Waals surface area contributed by atoms with Crippen LogP contribution in [0.15, 0.2) is 28.8 Å². The van der Waals surface area contributed by atoms with Gasteiger partial charge in [-0.25, -0.2) is 13.6 Å². The monoisotopic (exact) mass is 393 g/mol. The van der Waals surface area contributed by atoms with Gasteiger partial charge in [0.1, 0.15) is 11.4 Å². The minimum absolute atomic E-state index is 0.208. The van der Waals surface area contributed by atoms with Crippen LogP contribution in [0.4, 0.5) is 0 Å². The lowest BCUT2D eigenvalue weighted by Crippen LogP contribution is -2.22. The molecule has 0 aliphatic carbocycles. The maximum absolute atomic E-state index is 10.8. The average molecular weight is 393 g/mol. The molecule has 1 heterocycles. The van der Waals surface area contributed by atoms with Crippen molar-refractivity contribution >= 4 is 37.0 Å². The molecule has 0 saturated heterocycles. The summed E-state index contributed by atoms with van der Waals surface area (Å²) in [4.78, 5) is 10.2. The van der Waals surface area contributed by atoms with E-state index in [1.54, 1.807) is 24.3 Å². The van der Waals surface area contributed by atoms with Crippen LogP contribution < -0.4 is 10.5 Å². The van der Waals surface area contributed by atoms with Crippen molar-refractivity contribution in [2.24, 2.45) is 5.14 Å². The molecule has 0 bridgehead atoms. The zero-order valence-electron chi connectivity index (χ0n) is 13.4. The van der Waals surface area contributed by atoms with Crippen LogP contribution in [-0.2, 0) is 30.7 Å². The third-order valence-corrected chi connectivity index (χ3v) is 4.22. The number of hydrogen-bond acceptors (Lipinski definition) is 7. The third-order valence-electron chi connectivity index (χ3n) is 2.74. The first-order chi connectivity index (χ1) is 11.5. The van der Waals surface area contributed by atoms with Gasteiger partial charge in [-0.1, -0.05) is 17.3 Å². The Bertz CT molecular complexity index is 920. The smallest absolute Gasteiger partial charge is 0.264 e. The largest absolute Gasteiger partial charge is 0.356 e. The summed E-state index contributed by atoms with van der Waals surface area (Å²) in [6.07, 6.45) is 0.235. The van der Waals surface area contributed by atoms with Crippen molar-refractivity contribution in [3.8, 4) is 0 Å². The first kappa shape index (κ1) is 21.0. The van der Waals surface area contributed by atoms with Crippen molar-refractivity contribution < 1.29 is 30.7 Å². The van der Waals surface area contributed by atoms with Gasteiger partial charge < -0.3 is 9.84 Å². The number of aromatic nitrogens is 1. The maximum Gasteiger partial charge on any atom is 0.264 e. The quantitative estimate of drug-likeness (QED) is 0.455. The second-order valence-electron chi connectivity index (χ2n) is 5.06. The Hall–Kier alpha value is -2.02. The molecule has 0 fully saturated rings. The maximum atomic E-state index is 10.8. The van der Waals surface area contributed by atoms with Crippen LogP contribution in [0.2, 0.25) is 0 Å². The van der Waals surface area contributed by atoms with E-state index in [1.807, 2.05) is 0 Å². The fourth-order valence-electron chi connectivity index (χ4n) is 1.75. The van der Waals surface area contributed by atoms with E-state index in [2.05, 4.69) is 10.5 Å². The van der Waals surface area contributed by atoms with E-state index in [4.69, 9.17) is 14.2 Å². The van der Waals surface area contributed by atoms with Crippen molar-refractivity contribution in [2.75, 3.05) is 12.3 Å². The molecule has 0 unspecified atom stereocenters. The van der Waals surface area contributed by atoms with Gasteiger partial charge in [-0.05, 0) is 18.6 Å². The van der Waals surface area contributed by atoms with E-state index in [0.29, 0.717) is 16.7 Å². The lowest BCUT2D eigenvalue weighted by atomic mass is 10.2. The Labute approximate surface area is 145 Å². The average Bonchev–Trinajstić information content (AvgIpc) is 2.85. The Morgan fingerprint density at radius 2 is 1.92 bits per heavy atom. The number of primary sulfonamides is 1. The number of sulfonamides is 1. The van der Waals surface area contributed by atoms with Crippen molar-refractivity contribution in [3.05, 3.63) is 30.0 Å². The van der Waals surface area contributed by atoms with Crippen LogP contribution in [0.5, 0.6) is 0 Å². The van der Waals surface area contributed by atoms with Gasteiger partial charge >= 0.3 is 0 Å². The van der Waals surface area contributed by atoms with Gasteiger partial charge in [0.05, 0.1) is 5.75 Å². The number of rotatable bonds is 6. The highest BCUT2D eigenvalue weighted by Gasteiger charge is 2.13. The summed E-state index contributed by atoms with van der Waals surface area (Å²) in [5.41, 5.74) is 0.911. The highest BCUT2D eigenvalue weighted by Crippen LogP contribution is 2.18. The molecule has 0 atom stereocenters. The summed E-state index contributed by atoms with van der Waals surface area (Å²) >= 11 is 0. The van der Waals surface area contributed by atoms with Crippen LogP contribution in [0.25, 0.3) is 11.0 Å². The number of hydrogen-bond donors (Lipinski definition) is 3. The fraction of sp³-hybridized carbons (Fsp3) is 0.385. The molecule has 2 rings (SSSR count). The number of nitrogens with two attached hydrogens (primary N) is 1. The number of nitrogens with zero attached hydrogens (tertiary/aromatic N) is 1. The Balaban J connectivity index is 0.000000260. The highest BCUT2D eigenvalue weighted by molar-refractivity contribution is 7.88. The molecule has 0 aliphatic heterocycles. The molecular weight excluding hydrogens is 374 g/mol.